The summed E-state index contributed by atoms with van der Waals surface area (Å²) in [5.41, 5.74) is 0.283. The Morgan fingerprint density at radius 2 is 2.18 bits per heavy atom. The molecule has 0 saturated heterocycles. The first kappa shape index (κ1) is 13.5. The van der Waals surface area contributed by atoms with Crippen LogP contribution in [0.5, 0.6) is 0 Å². The van der Waals surface area contributed by atoms with E-state index >= 15 is 0 Å². The Hall–Kier alpha value is -1.57. The van der Waals surface area contributed by atoms with Crippen LogP contribution in [-0.2, 0) is 0 Å². The number of nitrogens with one attached hydrogen (secondary N) is 2. The number of aryl methyl sites for hydroxylation is 1. The Morgan fingerprint density at radius 3 is 2.71 bits per heavy atom. The molecule has 2 N–H and O–H groups in total. The fraction of sp³-hybridized carbons (Fsp3) is 0.556. The molecule has 0 radical (unpaired) electrons. The molecule has 1 aromatic heterocycles. The van der Waals surface area contributed by atoms with Gasteiger partial charge in [-0.1, -0.05) is 0 Å². The van der Waals surface area contributed by atoms with E-state index in [0.717, 1.165) is 5.75 Å². The van der Waals surface area contributed by atoms with Gasteiger partial charge in [0.2, 0.25) is 11.8 Å². The quantitative estimate of drug-likeness (QED) is 0.453. The number of nitro groups is 1. The van der Waals surface area contributed by atoms with E-state index < -0.39 is 4.92 Å². The molecule has 1 aromatic rings. The van der Waals surface area contributed by atoms with E-state index in [0.29, 0.717) is 18.2 Å². The lowest BCUT2D eigenvalue weighted by atomic mass is 10.3. The molecule has 17 heavy (non-hydrogen) atoms. The number of hydrogen-bond acceptors (Lipinski definition) is 7. The highest BCUT2D eigenvalue weighted by Crippen LogP contribution is 2.26. The van der Waals surface area contributed by atoms with Gasteiger partial charge < -0.3 is 10.6 Å². The molecule has 1 heterocycles. The van der Waals surface area contributed by atoms with Crippen LogP contribution in [0.2, 0.25) is 0 Å². The second-order valence-corrected chi connectivity index (χ2v) is 4.24. The summed E-state index contributed by atoms with van der Waals surface area (Å²) in [6.45, 7) is 2.22. The molecule has 94 valence electrons. The Bertz CT molecular complexity index is 413. The summed E-state index contributed by atoms with van der Waals surface area (Å²) in [6.07, 6.45) is 1.97. The van der Waals surface area contributed by atoms with Crippen LogP contribution in [0.4, 0.5) is 17.5 Å². The normalized spacial score (nSPS) is 10.1. The zero-order chi connectivity index (χ0) is 12.8. The van der Waals surface area contributed by atoms with Gasteiger partial charge in [-0.15, -0.1) is 0 Å². The first-order valence-electron chi connectivity index (χ1n) is 5.03. The predicted octanol–water partition coefficient (Wildman–Crippen LogP) is 1.51. The molecule has 1 rings (SSSR count). The van der Waals surface area contributed by atoms with Crippen LogP contribution >= 0.6 is 11.8 Å². The second-order valence-electron chi connectivity index (χ2n) is 3.26. The van der Waals surface area contributed by atoms with Crippen molar-refractivity contribution in [2.24, 2.45) is 0 Å². The Labute approximate surface area is 104 Å². The minimum atomic E-state index is -0.462. The van der Waals surface area contributed by atoms with E-state index in [-0.39, 0.29) is 11.5 Å². The van der Waals surface area contributed by atoms with E-state index in [4.69, 9.17) is 0 Å². The van der Waals surface area contributed by atoms with Crippen molar-refractivity contribution in [3.05, 3.63) is 15.8 Å². The molecule has 0 saturated carbocycles. The summed E-state index contributed by atoms with van der Waals surface area (Å²) in [6, 6.07) is 0. The zero-order valence-corrected chi connectivity index (χ0v) is 10.8. The monoisotopic (exact) mass is 257 g/mol. The van der Waals surface area contributed by atoms with Crippen LogP contribution in [0.25, 0.3) is 0 Å². The van der Waals surface area contributed by atoms with Gasteiger partial charge in [-0.05, 0) is 13.2 Å². The Morgan fingerprint density at radius 1 is 1.47 bits per heavy atom. The molecule has 0 aromatic carbocycles. The molecule has 0 amide bonds. The highest BCUT2D eigenvalue weighted by atomic mass is 32.2. The molecular weight excluding hydrogens is 242 g/mol. The summed E-state index contributed by atoms with van der Waals surface area (Å²) in [5.74, 6) is 1.50. The molecule has 0 fully saturated rings. The number of hydrogen-bond donors (Lipinski definition) is 2. The Kier molecular flexibility index (Phi) is 4.95. The minimum absolute atomic E-state index is 0.0647. The average molecular weight is 257 g/mol. The maximum Gasteiger partial charge on any atom is 0.332 e. The van der Waals surface area contributed by atoms with Gasteiger partial charge >= 0.3 is 5.69 Å². The van der Waals surface area contributed by atoms with Gasteiger partial charge in [0.25, 0.3) is 0 Å². The van der Waals surface area contributed by atoms with Crippen LogP contribution in [0, 0.1) is 17.0 Å². The van der Waals surface area contributed by atoms with Crippen LogP contribution in [0.15, 0.2) is 0 Å². The topological polar surface area (TPSA) is 93.0 Å². The van der Waals surface area contributed by atoms with Crippen molar-refractivity contribution in [1.29, 1.82) is 0 Å². The third-order valence-corrected chi connectivity index (χ3v) is 2.68. The summed E-state index contributed by atoms with van der Waals surface area (Å²) < 4.78 is 0. The second kappa shape index (κ2) is 6.24. The van der Waals surface area contributed by atoms with E-state index in [1.807, 2.05) is 6.26 Å². The maximum atomic E-state index is 10.9. The van der Waals surface area contributed by atoms with E-state index in [2.05, 4.69) is 20.6 Å². The highest BCUT2D eigenvalue weighted by molar-refractivity contribution is 7.98. The minimum Gasteiger partial charge on any atom is -0.363 e. The third kappa shape index (κ3) is 3.45. The zero-order valence-electron chi connectivity index (χ0n) is 9.98. The molecule has 0 atom stereocenters. The SMILES string of the molecule is CNc1nc(C)c([N+](=O)[O-])c(NCCSC)n1. The number of thioether (sulfide) groups is 1. The molecule has 0 aliphatic heterocycles. The summed E-state index contributed by atoms with van der Waals surface area (Å²) in [7, 11) is 1.67. The lowest BCUT2D eigenvalue weighted by Crippen LogP contribution is -2.11. The van der Waals surface area contributed by atoms with E-state index in [1.165, 1.54) is 0 Å². The third-order valence-electron chi connectivity index (χ3n) is 2.06. The average Bonchev–Trinajstić information content (AvgIpc) is 2.28. The smallest absolute Gasteiger partial charge is 0.332 e. The van der Waals surface area contributed by atoms with Gasteiger partial charge in [0.05, 0.1) is 4.92 Å². The number of nitrogens with zero attached hydrogens (tertiary/aromatic N) is 3. The molecule has 0 bridgehead atoms. The van der Waals surface area contributed by atoms with Crippen molar-refractivity contribution in [3.63, 3.8) is 0 Å². The van der Waals surface area contributed by atoms with Crippen molar-refractivity contribution in [2.45, 2.75) is 6.92 Å². The molecule has 0 aliphatic carbocycles. The fourth-order valence-electron chi connectivity index (χ4n) is 1.29. The fourth-order valence-corrected chi connectivity index (χ4v) is 1.60. The molecular formula is C9H15N5O2S. The van der Waals surface area contributed by atoms with Gasteiger partial charge in [-0.2, -0.15) is 16.7 Å². The summed E-state index contributed by atoms with van der Waals surface area (Å²) >= 11 is 1.66. The van der Waals surface area contributed by atoms with Crippen LogP contribution < -0.4 is 10.6 Å². The standard InChI is InChI=1S/C9H15N5O2S/c1-6-7(14(15)16)8(11-4-5-17-3)13-9(10-2)12-6/h4-5H2,1-3H3,(H2,10,11,12,13). The maximum absolute atomic E-state index is 10.9. The highest BCUT2D eigenvalue weighted by Gasteiger charge is 2.21. The van der Waals surface area contributed by atoms with Gasteiger partial charge in [0, 0.05) is 19.3 Å². The van der Waals surface area contributed by atoms with Crippen molar-refractivity contribution >= 4 is 29.2 Å². The number of rotatable bonds is 6. The molecule has 8 heteroatoms. The molecule has 0 unspecified atom stereocenters. The predicted molar refractivity (Wildman–Crippen MR) is 69.8 cm³/mol. The Balaban J connectivity index is 3.04. The van der Waals surface area contributed by atoms with Crippen molar-refractivity contribution in [2.75, 3.05) is 36.2 Å². The van der Waals surface area contributed by atoms with Crippen LogP contribution in [0.3, 0.4) is 0 Å². The van der Waals surface area contributed by atoms with E-state index in [9.17, 15) is 10.1 Å². The molecule has 0 aliphatic rings. The van der Waals surface area contributed by atoms with Gasteiger partial charge in [0.1, 0.15) is 5.69 Å². The first-order chi connectivity index (χ1) is 8.10. The summed E-state index contributed by atoms with van der Waals surface area (Å²) in [5, 5.41) is 16.7. The largest absolute Gasteiger partial charge is 0.363 e. The van der Waals surface area contributed by atoms with Crippen molar-refractivity contribution in [3.8, 4) is 0 Å². The first-order valence-corrected chi connectivity index (χ1v) is 6.43. The lowest BCUT2D eigenvalue weighted by molar-refractivity contribution is -0.385. The van der Waals surface area contributed by atoms with Crippen molar-refractivity contribution in [1.82, 2.24) is 9.97 Å². The van der Waals surface area contributed by atoms with Gasteiger partial charge in [-0.3, -0.25) is 10.1 Å². The summed E-state index contributed by atoms with van der Waals surface area (Å²) in [4.78, 5) is 18.5. The van der Waals surface area contributed by atoms with Gasteiger partial charge in [-0.25, -0.2) is 4.98 Å². The number of aromatic nitrogens is 2. The van der Waals surface area contributed by atoms with Crippen molar-refractivity contribution < 1.29 is 4.92 Å². The number of anilines is 2. The van der Waals surface area contributed by atoms with Crippen LogP contribution in [-0.4, -0.2) is 40.5 Å². The lowest BCUT2D eigenvalue weighted by Gasteiger charge is -2.08. The molecule has 7 nitrogen and oxygen atoms in total. The molecule has 0 spiro atoms. The van der Waals surface area contributed by atoms with Crippen LogP contribution in [0.1, 0.15) is 5.69 Å². The van der Waals surface area contributed by atoms with E-state index in [1.54, 1.807) is 25.7 Å². The van der Waals surface area contributed by atoms with Gasteiger partial charge in [0.15, 0.2) is 0 Å².